The molecule has 1 N–H and O–H groups in total. The molecular weight excluding hydrogens is 507 g/mol. The second-order valence-electron chi connectivity index (χ2n) is 7.70. The molecule has 0 spiro atoms. The molecule has 2 heterocycles. The van der Waals surface area contributed by atoms with Crippen LogP contribution in [-0.4, -0.2) is 23.0 Å². The first-order chi connectivity index (χ1) is 14.5. The van der Waals surface area contributed by atoms with Gasteiger partial charge in [-0.3, -0.25) is 4.99 Å². The molecule has 2 aliphatic heterocycles. The predicted molar refractivity (Wildman–Crippen MR) is 132 cm³/mol. The van der Waals surface area contributed by atoms with Gasteiger partial charge in [0.1, 0.15) is 17.5 Å². The molecule has 2 atom stereocenters. The predicted octanol–water partition coefficient (Wildman–Crippen LogP) is 6.04. The molecule has 0 aliphatic carbocycles. The van der Waals surface area contributed by atoms with Gasteiger partial charge in [-0.05, 0) is 64.9 Å². The van der Waals surface area contributed by atoms with Gasteiger partial charge in [0.2, 0.25) is 0 Å². The molecule has 0 saturated carbocycles. The van der Waals surface area contributed by atoms with Crippen LogP contribution in [0.1, 0.15) is 23.6 Å². The van der Waals surface area contributed by atoms with E-state index >= 15 is 0 Å². The zero-order valence-electron chi connectivity index (χ0n) is 16.3. The van der Waals surface area contributed by atoms with Crippen LogP contribution in [0, 0.1) is 0 Å². The number of aliphatic imine (C=N–C) groups is 1. The van der Waals surface area contributed by atoms with E-state index in [-0.39, 0.29) is 12.1 Å². The van der Waals surface area contributed by atoms with Crippen molar-refractivity contribution in [3.8, 4) is 0 Å². The van der Waals surface area contributed by atoms with Gasteiger partial charge in [-0.25, -0.2) is 0 Å². The van der Waals surface area contributed by atoms with E-state index in [1.54, 1.807) is 0 Å². The molecule has 30 heavy (non-hydrogen) atoms. The summed E-state index contributed by atoms with van der Waals surface area (Å²) in [6.07, 6.45) is 2.11. The van der Waals surface area contributed by atoms with Gasteiger partial charge in [-0.2, -0.15) is 0 Å². The third kappa shape index (κ3) is 3.01. The third-order valence-corrected chi connectivity index (χ3v) is 6.98. The average Bonchev–Trinajstić information content (AvgIpc) is 3.13. The zero-order valence-corrected chi connectivity index (χ0v) is 19.2. The molecule has 0 aromatic heterocycles. The number of amidine groups is 1. The van der Waals surface area contributed by atoms with Gasteiger partial charge in [0.05, 0.1) is 15.3 Å². The van der Waals surface area contributed by atoms with Crippen molar-refractivity contribution in [3.63, 3.8) is 0 Å². The molecule has 0 radical (unpaired) electrons. The average molecular weight is 527 g/mol. The van der Waals surface area contributed by atoms with Crippen LogP contribution in [0.3, 0.4) is 0 Å². The maximum absolute atomic E-state index is 12.3. The normalized spacial score (nSPS) is 20.3. The number of aliphatic hydroxyl groups is 1. The van der Waals surface area contributed by atoms with E-state index in [1.807, 2.05) is 78.9 Å². The first kappa shape index (κ1) is 19.8. The van der Waals surface area contributed by atoms with E-state index in [0.717, 1.165) is 31.8 Å². The summed E-state index contributed by atoms with van der Waals surface area (Å²) in [5, 5.41) is 13.0. The highest BCUT2D eigenvalue weighted by Gasteiger charge is 2.50. The summed E-state index contributed by atoms with van der Waals surface area (Å²) in [7, 11) is 0. The highest BCUT2D eigenvalue weighted by molar-refractivity contribution is 14.1. The molecule has 0 fully saturated rings. The number of benzene rings is 3. The number of nitrogens with zero attached hydrogens (tertiary/aromatic N) is 2. The number of fused-ring (bicyclic) bond motifs is 3. The van der Waals surface area contributed by atoms with E-state index in [9.17, 15) is 5.11 Å². The summed E-state index contributed by atoms with van der Waals surface area (Å²) in [5.41, 5.74) is 2.56. The lowest BCUT2D eigenvalue weighted by molar-refractivity contribution is 0.0489. The fraction of sp³-hybridized carbons (Fsp3) is 0.160. The highest BCUT2D eigenvalue weighted by atomic mass is 127. The number of anilines is 1. The molecule has 5 rings (SSSR count). The number of hydrogen-bond donors (Lipinski definition) is 1. The standard InChI is InChI=1S/C25H20ClIN2O/c1-16-23(25(30,18-8-4-2-5-9-18)19-10-6-3-7-11-19)28-24-21(27)15-17-14-20(26)12-13-22(17)29(16)24/h2-16,23,30H,1H3/t16-,23-/m0/s1. The molecule has 0 amide bonds. The van der Waals surface area contributed by atoms with E-state index in [2.05, 4.69) is 40.5 Å². The van der Waals surface area contributed by atoms with Gasteiger partial charge in [0.25, 0.3) is 0 Å². The van der Waals surface area contributed by atoms with E-state index < -0.39 is 5.60 Å². The third-order valence-electron chi connectivity index (χ3n) is 5.95. The molecule has 0 bridgehead atoms. The van der Waals surface area contributed by atoms with Crippen molar-refractivity contribution in [2.24, 2.45) is 4.99 Å². The smallest absolute Gasteiger partial charge is 0.142 e. The Hall–Kier alpha value is -2.15. The Morgan fingerprint density at radius 1 is 0.967 bits per heavy atom. The van der Waals surface area contributed by atoms with Crippen molar-refractivity contribution >= 4 is 51.8 Å². The number of rotatable bonds is 3. The monoisotopic (exact) mass is 526 g/mol. The molecule has 3 aromatic carbocycles. The van der Waals surface area contributed by atoms with Crippen LogP contribution in [0.25, 0.3) is 6.08 Å². The van der Waals surface area contributed by atoms with Crippen LogP contribution in [0.2, 0.25) is 5.02 Å². The minimum absolute atomic E-state index is 0.0520. The Morgan fingerprint density at radius 3 is 2.17 bits per heavy atom. The van der Waals surface area contributed by atoms with Crippen molar-refractivity contribution in [1.29, 1.82) is 0 Å². The van der Waals surface area contributed by atoms with E-state index in [4.69, 9.17) is 16.6 Å². The van der Waals surface area contributed by atoms with Gasteiger partial charge in [0.15, 0.2) is 0 Å². The summed E-state index contributed by atoms with van der Waals surface area (Å²) < 4.78 is 1.04. The Bertz CT molecular complexity index is 1120. The molecule has 2 aliphatic rings. The van der Waals surface area contributed by atoms with Crippen molar-refractivity contribution in [2.75, 3.05) is 4.90 Å². The maximum atomic E-state index is 12.3. The molecule has 5 heteroatoms. The van der Waals surface area contributed by atoms with Gasteiger partial charge >= 0.3 is 0 Å². The summed E-state index contributed by atoms with van der Waals surface area (Å²) in [6.45, 7) is 2.13. The van der Waals surface area contributed by atoms with Gasteiger partial charge in [-0.15, -0.1) is 0 Å². The zero-order chi connectivity index (χ0) is 20.9. The summed E-state index contributed by atoms with van der Waals surface area (Å²) in [6, 6.07) is 25.2. The van der Waals surface area contributed by atoms with E-state index in [0.29, 0.717) is 5.02 Å². The molecule has 150 valence electrons. The maximum Gasteiger partial charge on any atom is 0.142 e. The summed E-state index contributed by atoms with van der Waals surface area (Å²) in [5.74, 6) is 0.896. The molecule has 3 aromatic rings. The fourth-order valence-corrected chi connectivity index (χ4v) is 5.46. The topological polar surface area (TPSA) is 35.8 Å². The van der Waals surface area contributed by atoms with Crippen molar-refractivity contribution in [1.82, 2.24) is 0 Å². The Balaban J connectivity index is 1.68. The summed E-state index contributed by atoms with van der Waals surface area (Å²) >= 11 is 8.57. The summed E-state index contributed by atoms with van der Waals surface area (Å²) in [4.78, 5) is 7.33. The van der Waals surface area contributed by atoms with Gasteiger partial charge in [-0.1, -0.05) is 72.3 Å². The quantitative estimate of drug-likeness (QED) is 0.422. The highest BCUT2D eigenvalue weighted by Crippen LogP contribution is 2.45. The van der Waals surface area contributed by atoms with E-state index in [1.165, 1.54) is 0 Å². The number of halogens is 2. The molecule has 3 nitrogen and oxygen atoms in total. The SMILES string of the molecule is C[C@H]1[C@@H](C(O)(c2ccccc2)c2ccccc2)N=C2C(I)=Cc3cc(Cl)ccc3N21. The van der Waals surface area contributed by atoms with Crippen molar-refractivity contribution < 1.29 is 5.11 Å². The largest absolute Gasteiger partial charge is 0.378 e. The first-order valence-corrected chi connectivity index (χ1v) is 11.3. The Labute approximate surface area is 194 Å². The Kier molecular flexibility index (Phi) is 4.96. The minimum atomic E-state index is -1.25. The van der Waals surface area contributed by atoms with Crippen LogP contribution in [0.5, 0.6) is 0 Å². The van der Waals surface area contributed by atoms with Crippen LogP contribution in [0.4, 0.5) is 5.69 Å². The molecule has 0 unspecified atom stereocenters. The van der Waals surface area contributed by atoms with Gasteiger partial charge < -0.3 is 10.0 Å². The van der Waals surface area contributed by atoms with Crippen molar-refractivity contribution in [3.05, 3.63) is 104 Å². The Morgan fingerprint density at radius 2 is 1.57 bits per heavy atom. The molecular formula is C25H20ClIN2O. The lowest BCUT2D eigenvalue weighted by atomic mass is 9.78. The second kappa shape index (κ2) is 7.52. The van der Waals surface area contributed by atoms with Gasteiger partial charge in [0, 0.05) is 10.6 Å². The van der Waals surface area contributed by atoms with Crippen molar-refractivity contribution in [2.45, 2.75) is 24.6 Å². The minimum Gasteiger partial charge on any atom is -0.378 e. The first-order valence-electron chi connectivity index (χ1n) is 9.87. The lowest BCUT2D eigenvalue weighted by Crippen LogP contribution is -2.49. The second-order valence-corrected chi connectivity index (χ2v) is 9.30. The van der Waals surface area contributed by atoms with Crippen LogP contribution in [0.15, 0.2) is 87.4 Å². The molecule has 0 saturated heterocycles. The fourth-order valence-electron chi connectivity index (χ4n) is 4.54. The van der Waals surface area contributed by atoms with Crippen LogP contribution in [-0.2, 0) is 5.60 Å². The lowest BCUT2D eigenvalue weighted by Gasteiger charge is -2.38. The number of hydrogen-bond acceptors (Lipinski definition) is 3. The van der Waals surface area contributed by atoms with Crippen LogP contribution >= 0.6 is 34.2 Å². The van der Waals surface area contributed by atoms with Crippen LogP contribution < -0.4 is 4.90 Å².